The van der Waals surface area contributed by atoms with E-state index in [2.05, 4.69) is 5.10 Å². The fourth-order valence-electron chi connectivity index (χ4n) is 3.53. The SMILES string of the molecule is COc1ccc(S(=O)(=O)N2CCN(S(=O)(=O)c3c(C)nn(C)c3C)CC2)cc1OC. The molecule has 1 aromatic heterocycles. The average molecular weight is 459 g/mol. The first kappa shape index (κ1) is 22.5. The van der Waals surface area contributed by atoms with Crippen LogP contribution in [0.25, 0.3) is 0 Å². The van der Waals surface area contributed by atoms with Crippen LogP contribution in [-0.2, 0) is 27.1 Å². The van der Waals surface area contributed by atoms with Crippen LogP contribution in [0.4, 0.5) is 0 Å². The van der Waals surface area contributed by atoms with E-state index in [1.165, 1.54) is 45.7 Å². The fraction of sp³-hybridized carbons (Fsp3) is 0.500. The Morgan fingerprint density at radius 1 is 0.867 bits per heavy atom. The van der Waals surface area contributed by atoms with E-state index < -0.39 is 20.0 Å². The maximum atomic E-state index is 13.1. The standard InChI is InChI=1S/C18H26N4O6S2/c1-13-18(14(2)20(3)19-13)30(25,26)22-10-8-21(9-11-22)29(23,24)15-6-7-16(27-4)17(12-15)28-5/h6-7,12H,8-11H2,1-5H3. The number of aryl methyl sites for hydroxylation is 2. The molecule has 0 bridgehead atoms. The molecular formula is C18H26N4O6S2. The molecule has 0 aliphatic carbocycles. The molecule has 1 saturated heterocycles. The van der Waals surface area contributed by atoms with Crippen LogP contribution in [0.5, 0.6) is 11.5 Å². The van der Waals surface area contributed by atoms with E-state index in [0.29, 0.717) is 22.9 Å². The molecule has 0 amide bonds. The lowest BCUT2D eigenvalue weighted by molar-refractivity contribution is 0.272. The lowest BCUT2D eigenvalue weighted by Crippen LogP contribution is -2.50. The highest BCUT2D eigenvalue weighted by atomic mass is 32.2. The summed E-state index contributed by atoms with van der Waals surface area (Å²) in [5.41, 5.74) is 0.975. The van der Waals surface area contributed by atoms with Crippen LogP contribution in [0.2, 0.25) is 0 Å². The van der Waals surface area contributed by atoms with Crippen LogP contribution in [0, 0.1) is 13.8 Å². The minimum Gasteiger partial charge on any atom is -0.493 e. The second-order valence-electron chi connectivity index (χ2n) is 6.95. The van der Waals surface area contributed by atoms with E-state index in [1.54, 1.807) is 20.9 Å². The van der Waals surface area contributed by atoms with Gasteiger partial charge in [-0.05, 0) is 26.0 Å². The zero-order valence-corrected chi connectivity index (χ0v) is 19.2. The van der Waals surface area contributed by atoms with Gasteiger partial charge < -0.3 is 9.47 Å². The lowest BCUT2D eigenvalue weighted by atomic mass is 10.3. The van der Waals surface area contributed by atoms with Crippen LogP contribution in [0.1, 0.15) is 11.4 Å². The molecule has 0 N–H and O–H groups in total. The number of rotatable bonds is 6. The molecule has 2 aromatic rings. The largest absolute Gasteiger partial charge is 0.493 e. The zero-order chi connectivity index (χ0) is 22.3. The van der Waals surface area contributed by atoms with Crippen LogP contribution in [0.3, 0.4) is 0 Å². The van der Waals surface area contributed by atoms with Crippen molar-refractivity contribution in [2.24, 2.45) is 7.05 Å². The molecule has 1 fully saturated rings. The highest BCUT2D eigenvalue weighted by molar-refractivity contribution is 7.89. The number of aromatic nitrogens is 2. The minimum absolute atomic E-state index is 0.0499. The number of hydrogen-bond acceptors (Lipinski definition) is 7. The summed E-state index contributed by atoms with van der Waals surface area (Å²) in [6, 6.07) is 4.38. The van der Waals surface area contributed by atoms with Crippen molar-refractivity contribution in [3.8, 4) is 11.5 Å². The van der Waals surface area contributed by atoms with Crippen molar-refractivity contribution in [1.82, 2.24) is 18.4 Å². The molecule has 10 nitrogen and oxygen atoms in total. The van der Waals surface area contributed by atoms with Gasteiger partial charge in [0.2, 0.25) is 20.0 Å². The normalized spacial score (nSPS) is 16.6. The smallest absolute Gasteiger partial charge is 0.246 e. The van der Waals surface area contributed by atoms with Crippen molar-refractivity contribution in [2.75, 3.05) is 40.4 Å². The maximum Gasteiger partial charge on any atom is 0.246 e. The third kappa shape index (κ3) is 3.80. The molecule has 2 heterocycles. The molecule has 0 atom stereocenters. The van der Waals surface area contributed by atoms with E-state index in [1.807, 2.05) is 0 Å². The van der Waals surface area contributed by atoms with Gasteiger partial charge in [-0.3, -0.25) is 4.68 Å². The van der Waals surface area contributed by atoms with E-state index in [4.69, 9.17) is 9.47 Å². The number of hydrogen-bond donors (Lipinski definition) is 0. The molecule has 0 spiro atoms. The highest BCUT2D eigenvalue weighted by Gasteiger charge is 2.36. The van der Waals surface area contributed by atoms with Gasteiger partial charge in [-0.15, -0.1) is 0 Å². The molecule has 1 aliphatic rings. The molecule has 30 heavy (non-hydrogen) atoms. The Kier molecular flexibility index (Phi) is 6.14. The first-order chi connectivity index (χ1) is 14.0. The minimum atomic E-state index is -3.81. The van der Waals surface area contributed by atoms with Crippen LogP contribution < -0.4 is 9.47 Å². The van der Waals surface area contributed by atoms with Crippen molar-refractivity contribution < 1.29 is 26.3 Å². The summed E-state index contributed by atoms with van der Waals surface area (Å²) in [5, 5.41) is 4.18. The molecule has 166 valence electrons. The van der Waals surface area contributed by atoms with Crippen LogP contribution in [-0.4, -0.2) is 75.6 Å². The second kappa shape index (κ2) is 8.17. The van der Waals surface area contributed by atoms with Crippen molar-refractivity contribution in [3.05, 3.63) is 29.6 Å². The Bertz CT molecular complexity index is 1150. The number of piperazine rings is 1. The van der Waals surface area contributed by atoms with Gasteiger partial charge in [0.1, 0.15) is 4.90 Å². The van der Waals surface area contributed by atoms with Gasteiger partial charge in [-0.2, -0.15) is 13.7 Å². The lowest BCUT2D eigenvalue weighted by Gasteiger charge is -2.33. The van der Waals surface area contributed by atoms with E-state index in [9.17, 15) is 16.8 Å². The van der Waals surface area contributed by atoms with Gasteiger partial charge in [0, 0.05) is 39.3 Å². The number of ether oxygens (including phenoxy) is 2. The van der Waals surface area contributed by atoms with Gasteiger partial charge in [-0.25, -0.2) is 16.8 Å². The molecule has 1 aliphatic heterocycles. The Labute approximate surface area is 177 Å². The summed E-state index contributed by atoms with van der Waals surface area (Å²) in [6.07, 6.45) is 0. The monoisotopic (exact) mass is 458 g/mol. The quantitative estimate of drug-likeness (QED) is 0.628. The van der Waals surface area contributed by atoms with Crippen molar-refractivity contribution in [1.29, 1.82) is 0 Å². The summed E-state index contributed by atoms with van der Waals surface area (Å²) in [5.74, 6) is 0.733. The first-order valence-corrected chi connectivity index (χ1v) is 12.1. The van der Waals surface area contributed by atoms with E-state index in [-0.39, 0.29) is 36.0 Å². The summed E-state index contributed by atoms with van der Waals surface area (Å²) in [4.78, 5) is 0.247. The Hall–Kier alpha value is -2.15. The molecule has 0 saturated carbocycles. The molecule has 3 rings (SSSR count). The van der Waals surface area contributed by atoms with Gasteiger partial charge in [-0.1, -0.05) is 0 Å². The summed E-state index contributed by atoms with van der Waals surface area (Å²) >= 11 is 0. The predicted octanol–water partition coefficient (Wildman–Crippen LogP) is 0.749. The molecule has 12 heteroatoms. The van der Waals surface area contributed by atoms with E-state index >= 15 is 0 Å². The fourth-order valence-corrected chi connectivity index (χ4v) is 6.79. The number of methoxy groups -OCH3 is 2. The Morgan fingerprint density at radius 3 is 1.87 bits per heavy atom. The summed E-state index contributed by atoms with van der Waals surface area (Å²) < 4.78 is 66.7. The van der Waals surface area contributed by atoms with Gasteiger partial charge in [0.25, 0.3) is 0 Å². The molecular weight excluding hydrogens is 432 g/mol. The molecule has 1 aromatic carbocycles. The highest BCUT2D eigenvalue weighted by Crippen LogP contribution is 2.31. The van der Waals surface area contributed by atoms with Crippen molar-refractivity contribution in [2.45, 2.75) is 23.6 Å². The third-order valence-electron chi connectivity index (χ3n) is 5.23. The van der Waals surface area contributed by atoms with Crippen molar-refractivity contribution >= 4 is 20.0 Å². The average Bonchev–Trinajstić information content (AvgIpc) is 2.99. The molecule has 0 unspecified atom stereocenters. The molecule has 0 radical (unpaired) electrons. The van der Waals surface area contributed by atoms with Gasteiger partial charge in [0.15, 0.2) is 11.5 Å². The Morgan fingerprint density at radius 2 is 1.40 bits per heavy atom. The van der Waals surface area contributed by atoms with Crippen LogP contribution in [0.15, 0.2) is 28.0 Å². The van der Waals surface area contributed by atoms with Gasteiger partial charge >= 0.3 is 0 Å². The first-order valence-electron chi connectivity index (χ1n) is 9.26. The Balaban J connectivity index is 1.81. The number of nitrogens with zero attached hydrogens (tertiary/aromatic N) is 4. The van der Waals surface area contributed by atoms with E-state index in [0.717, 1.165) is 0 Å². The number of sulfonamides is 2. The zero-order valence-electron chi connectivity index (χ0n) is 17.6. The predicted molar refractivity (Wildman–Crippen MR) is 110 cm³/mol. The second-order valence-corrected chi connectivity index (χ2v) is 10.8. The third-order valence-corrected chi connectivity index (χ3v) is 9.28. The topological polar surface area (TPSA) is 111 Å². The van der Waals surface area contributed by atoms with Gasteiger partial charge in [0.05, 0.1) is 30.5 Å². The summed E-state index contributed by atoms with van der Waals surface area (Å²) in [6.45, 7) is 3.57. The number of benzene rings is 1. The van der Waals surface area contributed by atoms with Crippen molar-refractivity contribution in [3.63, 3.8) is 0 Å². The summed E-state index contributed by atoms with van der Waals surface area (Å²) in [7, 11) is -2.98. The van der Waals surface area contributed by atoms with Crippen LogP contribution >= 0.6 is 0 Å². The maximum absolute atomic E-state index is 13.1.